The van der Waals surface area contributed by atoms with Gasteiger partial charge < -0.3 is 14.4 Å². The third-order valence-corrected chi connectivity index (χ3v) is 3.94. The summed E-state index contributed by atoms with van der Waals surface area (Å²) in [5, 5.41) is 2.47. The van der Waals surface area contributed by atoms with E-state index in [2.05, 4.69) is 10.3 Å². The molecule has 0 radical (unpaired) electrons. The van der Waals surface area contributed by atoms with Gasteiger partial charge in [0.25, 0.3) is 11.9 Å². The summed E-state index contributed by atoms with van der Waals surface area (Å²) in [4.78, 5) is 17.9. The predicted molar refractivity (Wildman–Crippen MR) is 93.8 cm³/mol. The van der Waals surface area contributed by atoms with Gasteiger partial charge in [-0.1, -0.05) is 6.07 Å². The predicted octanol–water partition coefficient (Wildman–Crippen LogP) is 1.13. The molecule has 6 nitrogen and oxygen atoms in total. The van der Waals surface area contributed by atoms with Gasteiger partial charge in [0.2, 0.25) is 0 Å². The Labute approximate surface area is 156 Å². The van der Waals surface area contributed by atoms with Gasteiger partial charge in [-0.15, -0.1) is 0 Å². The molecule has 1 aliphatic heterocycles. The highest BCUT2D eigenvalue weighted by atomic mass is 19.4. The van der Waals surface area contributed by atoms with E-state index in [0.717, 1.165) is 31.8 Å². The number of carbonyl (C=O) groups is 1. The van der Waals surface area contributed by atoms with Crippen molar-refractivity contribution in [1.29, 1.82) is 0 Å². The zero-order chi connectivity index (χ0) is 19.9. The van der Waals surface area contributed by atoms with Gasteiger partial charge in [0, 0.05) is 5.56 Å². The molecular formula is C18H25F3N3O3+. The van der Waals surface area contributed by atoms with E-state index in [1.165, 1.54) is 17.0 Å². The van der Waals surface area contributed by atoms with Crippen molar-refractivity contribution < 1.29 is 32.3 Å². The molecule has 0 saturated carbocycles. The van der Waals surface area contributed by atoms with Crippen LogP contribution in [0.1, 0.15) is 29.8 Å². The summed E-state index contributed by atoms with van der Waals surface area (Å²) in [6.45, 7) is 7.95. The molecule has 1 heterocycles. The van der Waals surface area contributed by atoms with E-state index < -0.39 is 17.6 Å². The molecule has 0 bridgehead atoms. The maximum Gasteiger partial charge on any atom is 0.416 e. The average Bonchev–Trinajstić information content (AvgIpc) is 2.61. The van der Waals surface area contributed by atoms with Gasteiger partial charge in [-0.25, -0.2) is 4.99 Å². The Bertz CT molecular complexity index is 657. The molecule has 150 valence electrons. The maximum absolute atomic E-state index is 12.8. The molecule has 0 atom stereocenters. The fourth-order valence-electron chi connectivity index (χ4n) is 2.56. The number of hydrogen-bond acceptors (Lipinski definition) is 4. The van der Waals surface area contributed by atoms with Crippen LogP contribution in [0.15, 0.2) is 29.3 Å². The first-order valence-corrected chi connectivity index (χ1v) is 8.86. The van der Waals surface area contributed by atoms with Crippen LogP contribution >= 0.6 is 0 Å². The number of rotatable bonds is 5. The van der Waals surface area contributed by atoms with E-state index in [-0.39, 0.29) is 17.7 Å². The lowest BCUT2D eigenvalue weighted by Gasteiger charge is -2.23. The first kappa shape index (κ1) is 21.2. The van der Waals surface area contributed by atoms with Gasteiger partial charge in [-0.3, -0.25) is 10.1 Å². The number of alkyl halides is 3. The van der Waals surface area contributed by atoms with Gasteiger partial charge >= 0.3 is 6.18 Å². The van der Waals surface area contributed by atoms with Crippen molar-refractivity contribution in [2.45, 2.75) is 26.1 Å². The lowest BCUT2D eigenvalue weighted by atomic mass is 10.1. The second-order valence-electron chi connectivity index (χ2n) is 6.50. The van der Waals surface area contributed by atoms with Crippen molar-refractivity contribution in [2.24, 2.45) is 4.99 Å². The molecular weight excluding hydrogens is 363 g/mol. The fraction of sp³-hybridized carbons (Fsp3) is 0.556. The number of halogens is 3. The van der Waals surface area contributed by atoms with Gasteiger partial charge in [-0.2, -0.15) is 13.2 Å². The summed E-state index contributed by atoms with van der Waals surface area (Å²) < 4.78 is 49.2. The molecule has 1 aromatic carbocycles. The smallest absolute Gasteiger partial charge is 0.416 e. The number of nitrogens with zero attached hydrogens (tertiary/aromatic N) is 1. The van der Waals surface area contributed by atoms with Crippen molar-refractivity contribution in [3.8, 4) is 0 Å². The standard InChI is InChI=1S/C18H24F3N3O3/c1-13(2)27-17(22-6-7-24-8-10-26-11-9-24)23-16(25)14-4-3-5-15(12-14)18(19,20)21/h3-5,12-13H,6-11H2,1-2H3,(H,22,23,25)/p+1. The largest absolute Gasteiger partial charge is 0.462 e. The second-order valence-corrected chi connectivity index (χ2v) is 6.50. The van der Waals surface area contributed by atoms with Gasteiger partial charge in [0.1, 0.15) is 13.1 Å². The van der Waals surface area contributed by atoms with Crippen LogP contribution in [-0.2, 0) is 15.7 Å². The highest BCUT2D eigenvalue weighted by molar-refractivity contribution is 6.04. The number of amidine groups is 1. The summed E-state index contributed by atoms with van der Waals surface area (Å²) in [6.07, 6.45) is -4.75. The Morgan fingerprint density at radius 1 is 1.33 bits per heavy atom. The number of ether oxygens (including phenoxy) is 2. The molecule has 27 heavy (non-hydrogen) atoms. The number of aliphatic imine (C=N–C) groups is 1. The highest BCUT2D eigenvalue weighted by Crippen LogP contribution is 2.29. The molecule has 0 aliphatic carbocycles. The number of nitrogens with one attached hydrogen (secondary N) is 2. The Morgan fingerprint density at radius 2 is 2.04 bits per heavy atom. The summed E-state index contributed by atoms with van der Waals surface area (Å²) in [6, 6.07) is 4.25. The molecule has 0 aromatic heterocycles. The molecule has 1 amide bonds. The third kappa shape index (κ3) is 7.18. The van der Waals surface area contributed by atoms with Crippen LogP contribution < -0.4 is 10.2 Å². The van der Waals surface area contributed by atoms with Gasteiger partial charge in [0.15, 0.2) is 0 Å². The van der Waals surface area contributed by atoms with Crippen LogP contribution in [-0.4, -0.2) is 57.4 Å². The van der Waals surface area contributed by atoms with Crippen molar-refractivity contribution >= 4 is 11.9 Å². The number of carbonyl (C=O) groups excluding carboxylic acids is 1. The van der Waals surface area contributed by atoms with E-state index in [9.17, 15) is 18.0 Å². The summed E-state index contributed by atoms with van der Waals surface area (Å²) in [5.41, 5.74) is -0.988. The van der Waals surface area contributed by atoms with Crippen molar-refractivity contribution in [2.75, 3.05) is 39.4 Å². The number of hydrogen-bond donors (Lipinski definition) is 2. The number of amides is 1. The summed E-state index contributed by atoms with van der Waals surface area (Å²) in [7, 11) is 0. The van der Waals surface area contributed by atoms with Crippen molar-refractivity contribution in [3.63, 3.8) is 0 Å². The zero-order valence-electron chi connectivity index (χ0n) is 15.4. The highest BCUT2D eigenvalue weighted by Gasteiger charge is 2.31. The van der Waals surface area contributed by atoms with E-state index >= 15 is 0 Å². The molecule has 9 heteroatoms. The van der Waals surface area contributed by atoms with Crippen LogP contribution in [0.5, 0.6) is 0 Å². The quantitative estimate of drug-likeness (QED) is 0.587. The second kappa shape index (κ2) is 9.70. The number of quaternary nitrogens is 1. The Kier molecular flexibility index (Phi) is 7.61. The third-order valence-electron chi connectivity index (χ3n) is 3.94. The average molecular weight is 388 g/mol. The first-order chi connectivity index (χ1) is 12.8. The molecule has 2 N–H and O–H groups in total. The Morgan fingerprint density at radius 3 is 2.67 bits per heavy atom. The van der Waals surface area contributed by atoms with Crippen LogP contribution in [0.25, 0.3) is 0 Å². The molecule has 1 fully saturated rings. The minimum Gasteiger partial charge on any atom is -0.462 e. The van der Waals surface area contributed by atoms with Crippen LogP contribution in [0.4, 0.5) is 13.2 Å². The molecule has 0 unspecified atom stereocenters. The minimum absolute atomic E-state index is 0.0140. The molecule has 1 aliphatic rings. The molecule has 1 aromatic rings. The number of benzene rings is 1. The fourth-order valence-corrected chi connectivity index (χ4v) is 2.56. The lowest BCUT2D eigenvalue weighted by Crippen LogP contribution is -3.14. The Hall–Kier alpha value is -2.13. The van der Waals surface area contributed by atoms with Gasteiger partial charge in [0.05, 0.1) is 38.0 Å². The van der Waals surface area contributed by atoms with Crippen LogP contribution in [0.3, 0.4) is 0 Å². The summed E-state index contributed by atoms with van der Waals surface area (Å²) in [5.74, 6) is -0.695. The maximum atomic E-state index is 12.8. The molecule has 2 rings (SSSR count). The van der Waals surface area contributed by atoms with E-state index in [0.29, 0.717) is 19.8 Å². The van der Waals surface area contributed by atoms with Crippen LogP contribution in [0, 0.1) is 0 Å². The number of morpholine rings is 1. The Balaban J connectivity index is 2.01. The van der Waals surface area contributed by atoms with Crippen molar-refractivity contribution in [1.82, 2.24) is 5.32 Å². The van der Waals surface area contributed by atoms with E-state index in [1.807, 2.05) is 0 Å². The normalized spacial score (nSPS) is 16.4. The lowest BCUT2D eigenvalue weighted by molar-refractivity contribution is -0.906. The first-order valence-electron chi connectivity index (χ1n) is 8.86. The van der Waals surface area contributed by atoms with Crippen molar-refractivity contribution in [3.05, 3.63) is 35.4 Å². The molecule has 1 saturated heterocycles. The molecule has 0 spiro atoms. The van der Waals surface area contributed by atoms with E-state index in [1.54, 1.807) is 13.8 Å². The monoisotopic (exact) mass is 388 g/mol. The van der Waals surface area contributed by atoms with Crippen LogP contribution in [0.2, 0.25) is 0 Å². The topological polar surface area (TPSA) is 64.4 Å². The zero-order valence-corrected chi connectivity index (χ0v) is 15.4. The minimum atomic E-state index is -4.51. The van der Waals surface area contributed by atoms with E-state index in [4.69, 9.17) is 9.47 Å². The SMILES string of the molecule is CC(C)OC(=NCC[NH+]1CCOCC1)NC(=O)c1cccc(C(F)(F)F)c1. The summed E-state index contributed by atoms with van der Waals surface area (Å²) >= 11 is 0. The van der Waals surface area contributed by atoms with Gasteiger partial charge in [-0.05, 0) is 32.0 Å².